The molecule has 0 radical (unpaired) electrons. The van der Waals surface area contributed by atoms with E-state index in [0.29, 0.717) is 17.1 Å². The number of fused-ring (bicyclic) bond motifs is 1. The number of aryl methyl sites for hydroxylation is 2. The number of halogens is 2. The molecule has 0 unspecified atom stereocenters. The fourth-order valence-corrected chi connectivity index (χ4v) is 3.40. The summed E-state index contributed by atoms with van der Waals surface area (Å²) in [5.74, 6) is -1.15. The summed E-state index contributed by atoms with van der Waals surface area (Å²) >= 11 is 0. The number of carbonyl (C=O) groups excluding carboxylic acids is 1. The highest BCUT2D eigenvalue weighted by Crippen LogP contribution is 2.40. The first-order valence-corrected chi connectivity index (χ1v) is 8.88. The zero-order valence-corrected chi connectivity index (χ0v) is 15.5. The number of nitrogens with zero attached hydrogens (tertiary/aromatic N) is 4. The first-order valence-electron chi connectivity index (χ1n) is 8.88. The molecule has 1 aromatic carbocycles. The first kappa shape index (κ1) is 17.6. The summed E-state index contributed by atoms with van der Waals surface area (Å²) in [4.78, 5) is 19.3. The van der Waals surface area contributed by atoms with Crippen molar-refractivity contribution in [1.82, 2.24) is 19.7 Å². The van der Waals surface area contributed by atoms with Gasteiger partial charge in [-0.3, -0.25) is 9.48 Å². The first-order chi connectivity index (χ1) is 12.8. The van der Waals surface area contributed by atoms with Crippen LogP contribution in [0.5, 0.6) is 0 Å². The highest BCUT2D eigenvalue weighted by molar-refractivity contribution is 6.06. The number of rotatable bonds is 4. The molecule has 1 fully saturated rings. The predicted octanol–water partition coefficient (Wildman–Crippen LogP) is 3.70. The van der Waals surface area contributed by atoms with E-state index in [1.807, 2.05) is 20.0 Å². The Kier molecular flexibility index (Phi) is 4.17. The second kappa shape index (κ2) is 6.40. The van der Waals surface area contributed by atoms with E-state index in [-0.39, 0.29) is 18.0 Å². The third-order valence-electron chi connectivity index (χ3n) is 4.98. The van der Waals surface area contributed by atoms with Gasteiger partial charge in [-0.05, 0) is 31.9 Å². The topological polar surface area (TPSA) is 51.0 Å². The lowest BCUT2D eigenvalue weighted by Gasteiger charge is -2.19. The van der Waals surface area contributed by atoms with Crippen molar-refractivity contribution in [3.05, 3.63) is 58.4 Å². The third-order valence-corrected chi connectivity index (χ3v) is 4.98. The molecule has 27 heavy (non-hydrogen) atoms. The zero-order valence-electron chi connectivity index (χ0n) is 15.5. The molecule has 140 valence electrons. The monoisotopic (exact) mass is 370 g/mol. The Morgan fingerprint density at radius 2 is 2.04 bits per heavy atom. The molecule has 0 atom stereocenters. The van der Waals surface area contributed by atoms with E-state index >= 15 is 0 Å². The van der Waals surface area contributed by atoms with E-state index < -0.39 is 11.6 Å². The molecule has 1 amide bonds. The van der Waals surface area contributed by atoms with Crippen molar-refractivity contribution in [3.8, 4) is 0 Å². The summed E-state index contributed by atoms with van der Waals surface area (Å²) in [6.07, 6.45) is 2.14. The van der Waals surface area contributed by atoms with Crippen molar-refractivity contribution in [2.45, 2.75) is 32.2 Å². The number of amides is 1. The average Bonchev–Trinajstić information content (AvgIpc) is 3.43. The van der Waals surface area contributed by atoms with Gasteiger partial charge in [0.25, 0.3) is 5.91 Å². The van der Waals surface area contributed by atoms with Crippen molar-refractivity contribution in [2.75, 3.05) is 7.05 Å². The number of benzene rings is 1. The quantitative estimate of drug-likeness (QED) is 0.704. The zero-order chi connectivity index (χ0) is 19.3. The molecule has 2 aromatic heterocycles. The molecule has 0 N–H and O–H groups in total. The number of hydrogen-bond donors (Lipinski definition) is 0. The van der Waals surface area contributed by atoms with Gasteiger partial charge in [0.1, 0.15) is 11.6 Å². The van der Waals surface area contributed by atoms with Crippen molar-refractivity contribution in [3.63, 3.8) is 0 Å². The molecule has 4 rings (SSSR count). The van der Waals surface area contributed by atoms with Crippen molar-refractivity contribution in [2.24, 2.45) is 7.05 Å². The molecule has 7 heteroatoms. The van der Waals surface area contributed by atoms with E-state index in [2.05, 4.69) is 5.10 Å². The number of aromatic nitrogens is 3. The van der Waals surface area contributed by atoms with E-state index in [9.17, 15) is 13.6 Å². The van der Waals surface area contributed by atoms with Crippen LogP contribution in [0.25, 0.3) is 11.0 Å². The molecule has 0 saturated heterocycles. The molecule has 3 aromatic rings. The summed E-state index contributed by atoms with van der Waals surface area (Å²) in [7, 11) is 3.42. The van der Waals surface area contributed by atoms with E-state index in [0.717, 1.165) is 35.7 Å². The number of carbonyl (C=O) groups is 1. The van der Waals surface area contributed by atoms with Crippen LogP contribution in [0.4, 0.5) is 8.78 Å². The van der Waals surface area contributed by atoms with Crippen LogP contribution in [0.15, 0.2) is 24.3 Å². The van der Waals surface area contributed by atoms with Gasteiger partial charge < -0.3 is 4.90 Å². The second-order valence-corrected chi connectivity index (χ2v) is 7.17. The van der Waals surface area contributed by atoms with Gasteiger partial charge in [0.2, 0.25) is 0 Å². The van der Waals surface area contributed by atoms with Crippen LogP contribution in [0.2, 0.25) is 0 Å². The van der Waals surface area contributed by atoms with Gasteiger partial charge in [0, 0.05) is 43.9 Å². The lowest BCUT2D eigenvalue weighted by Crippen LogP contribution is -2.27. The van der Waals surface area contributed by atoms with Gasteiger partial charge in [-0.2, -0.15) is 5.10 Å². The van der Waals surface area contributed by atoms with Crippen LogP contribution < -0.4 is 0 Å². The Labute approximate surface area is 155 Å². The molecule has 0 aliphatic heterocycles. The number of pyridine rings is 1. The molecule has 1 aliphatic carbocycles. The lowest BCUT2D eigenvalue weighted by molar-refractivity contribution is 0.0785. The van der Waals surface area contributed by atoms with Crippen LogP contribution in [0.1, 0.15) is 46.1 Å². The maximum Gasteiger partial charge on any atom is 0.254 e. The third kappa shape index (κ3) is 3.18. The summed E-state index contributed by atoms with van der Waals surface area (Å²) in [6, 6.07) is 5.22. The summed E-state index contributed by atoms with van der Waals surface area (Å²) in [5.41, 5.74) is 3.10. The maximum absolute atomic E-state index is 14.0. The average molecular weight is 370 g/mol. The minimum Gasteiger partial charge on any atom is -0.337 e. The van der Waals surface area contributed by atoms with Gasteiger partial charge in [-0.15, -0.1) is 0 Å². The molecule has 1 aliphatic rings. The molecule has 1 saturated carbocycles. The predicted molar refractivity (Wildman–Crippen MR) is 97.4 cm³/mol. The van der Waals surface area contributed by atoms with Crippen molar-refractivity contribution < 1.29 is 13.6 Å². The van der Waals surface area contributed by atoms with E-state index in [1.165, 1.54) is 17.0 Å². The molecule has 2 heterocycles. The molecular weight excluding hydrogens is 350 g/mol. The Balaban J connectivity index is 1.73. The summed E-state index contributed by atoms with van der Waals surface area (Å²) in [6.45, 7) is 1.89. The number of hydrogen-bond acceptors (Lipinski definition) is 3. The molecular formula is C20H20F2N4O. The highest BCUT2D eigenvalue weighted by Gasteiger charge is 2.29. The smallest absolute Gasteiger partial charge is 0.254 e. The Morgan fingerprint density at radius 3 is 2.70 bits per heavy atom. The van der Waals surface area contributed by atoms with E-state index in [1.54, 1.807) is 11.7 Å². The van der Waals surface area contributed by atoms with Crippen LogP contribution in [-0.2, 0) is 13.6 Å². The molecule has 0 bridgehead atoms. The lowest BCUT2D eigenvalue weighted by atomic mass is 10.1. The second-order valence-electron chi connectivity index (χ2n) is 7.17. The highest BCUT2D eigenvalue weighted by atomic mass is 19.1. The molecule has 5 nitrogen and oxygen atoms in total. The minimum atomic E-state index is -0.661. The standard InChI is InChI=1S/C20H20F2N4O/c1-11-18-15(9-17(12-4-5-12)23-19(18)26(3)24-11)20(27)25(2)10-13-6-7-14(21)8-16(13)22/h6-9,12H,4-5,10H2,1-3H3. The van der Waals surface area contributed by atoms with Crippen LogP contribution in [0.3, 0.4) is 0 Å². The van der Waals surface area contributed by atoms with Crippen LogP contribution in [0, 0.1) is 18.6 Å². The van der Waals surface area contributed by atoms with Crippen LogP contribution >= 0.6 is 0 Å². The Morgan fingerprint density at radius 1 is 1.30 bits per heavy atom. The normalized spacial score (nSPS) is 14.0. The summed E-state index contributed by atoms with van der Waals surface area (Å²) in [5, 5.41) is 5.12. The Hall–Kier alpha value is -2.83. The Bertz CT molecular complexity index is 1060. The largest absolute Gasteiger partial charge is 0.337 e. The van der Waals surface area contributed by atoms with Gasteiger partial charge in [-0.25, -0.2) is 13.8 Å². The van der Waals surface area contributed by atoms with Crippen molar-refractivity contribution in [1.29, 1.82) is 0 Å². The minimum absolute atomic E-state index is 0.0484. The molecule has 0 spiro atoms. The summed E-state index contributed by atoms with van der Waals surface area (Å²) < 4.78 is 28.8. The van der Waals surface area contributed by atoms with Gasteiger partial charge in [-0.1, -0.05) is 6.07 Å². The van der Waals surface area contributed by atoms with Gasteiger partial charge >= 0.3 is 0 Å². The fourth-order valence-electron chi connectivity index (χ4n) is 3.40. The van der Waals surface area contributed by atoms with Gasteiger partial charge in [0.05, 0.1) is 16.6 Å². The van der Waals surface area contributed by atoms with Crippen LogP contribution in [-0.4, -0.2) is 32.6 Å². The fraction of sp³-hybridized carbons (Fsp3) is 0.350. The van der Waals surface area contributed by atoms with E-state index in [4.69, 9.17) is 4.98 Å². The van der Waals surface area contributed by atoms with Gasteiger partial charge in [0.15, 0.2) is 5.65 Å². The SMILES string of the molecule is Cc1nn(C)c2nc(C3CC3)cc(C(=O)N(C)Cc3ccc(F)cc3F)c12. The van der Waals surface area contributed by atoms with Crippen molar-refractivity contribution >= 4 is 16.9 Å². The maximum atomic E-state index is 14.0.